The summed E-state index contributed by atoms with van der Waals surface area (Å²) in [6, 6.07) is 0. The Morgan fingerprint density at radius 2 is 1.44 bits per heavy atom. The van der Waals surface area contributed by atoms with Crippen LogP contribution >= 0.6 is 0 Å². The smallest absolute Gasteiger partial charge is 0.00954 e. The van der Waals surface area contributed by atoms with E-state index in [9.17, 15) is 0 Å². The highest BCUT2D eigenvalue weighted by Crippen LogP contribution is 2.61. The largest absolute Gasteiger partial charge is 0.103 e. The minimum Gasteiger partial charge on any atom is -0.103 e. The van der Waals surface area contributed by atoms with E-state index in [0.29, 0.717) is 17.3 Å². The second-order valence-electron chi connectivity index (χ2n) is 9.44. The Labute approximate surface area is 154 Å². The van der Waals surface area contributed by atoms with Crippen molar-refractivity contribution in [3.63, 3.8) is 0 Å². The van der Waals surface area contributed by atoms with Gasteiger partial charge in [-0.1, -0.05) is 75.0 Å². The van der Waals surface area contributed by atoms with Crippen LogP contribution in [0.4, 0.5) is 0 Å². The van der Waals surface area contributed by atoms with E-state index >= 15 is 0 Å². The van der Waals surface area contributed by atoms with Crippen LogP contribution in [0.15, 0.2) is 61.3 Å². The van der Waals surface area contributed by atoms with E-state index in [4.69, 9.17) is 0 Å². The van der Waals surface area contributed by atoms with E-state index in [2.05, 4.69) is 75.1 Å². The molecule has 2 saturated carbocycles. The molecule has 0 aliphatic heterocycles. The molecule has 4 aliphatic rings. The Morgan fingerprint density at radius 1 is 0.880 bits per heavy atom. The van der Waals surface area contributed by atoms with Gasteiger partial charge in [0.05, 0.1) is 0 Å². The molecule has 6 atom stereocenters. The van der Waals surface area contributed by atoms with Gasteiger partial charge >= 0.3 is 0 Å². The first-order valence-corrected chi connectivity index (χ1v) is 10.4. The van der Waals surface area contributed by atoms with Gasteiger partial charge in [-0.25, -0.2) is 0 Å². The zero-order chi connectivity index (χ0) is 17.4. The minimum atomic E-state index is 0.413. The molecule has 0 spiro atoms. The van der Waals surface area contributed by atoms with Crippen molar-refractivity contribution in [1.82, 2.24) is 0 Å². The van der Waals surface area contributed by atoms with E-state index in [-0.39, 0.29) is 0 Å². The predicted octanol–water partition coefficient (Wildman–Crippen LogP) is 6.74. The average molecular weight is 335 g/mol. The van der Waals surface area contributed by atoms with Gasteiger partial charge in [-0.2, -0.15) is 0 Å². The second-order valence-corrected chi connectivity index (χ2v) is 9.44. The highest BCUT2D eigenvalue weighted by Gasteiger charge is 2.55. The fourth-order valence-corrected chi connectivity index (χ4v) is 6.66. The monoisotopic (exact) mass is 334 g/mol. The van der Waals surface area contributed by atoms with Crippen molar-refractivity contribution < 1.29 is 0 Å². The fourth-order valence-electron chi connectivity index (χ4n) is 6.66. The van der Waals surface area contributed by atoms with Crippen LogP contribution in [0.25, 0.3) is 0 Å². The summed E-state index contributed by atoms with van der Waals surface area (Å²) >= 11 is 0. The van der Waals surface area contributed by atoms with Gasteiger partial charge in [-0.15, -0.1) is 6.58 Å². The second kappa shape index (κ2) is 6.78. The van der Waals surface area contributed by atoms with Gasteiger partial charge in [0.25, 0.3) is 0 Å². The summed E-state index contributed by atoms with van der Waals surface area (Å²) in [4.78, 5) is 0. The van der Waals surface area contributed by atoms with E-state index < -0.39 is 0 Å². The molecule has 0 radical (unpaired) electrons. The summed E-state index contributed by atoms with van der Waals surface area (Å²) in [6.45, 7) is 9.10. The summed E-state index contributed by atoms with van der Waals surface area (Å²) < 4.78 is 0. The molecule has 4 rings (SSSR count). The number of fused-ring (bicyclic) bond motifs is 3. The molecule has 6 unspecified atom stereocenters. The maximum absolute atomic E-state index is 3.91. The molecule has 0 nitrogen and oxygen atoms in total. The first-order chi connectivity index (χ1) is 12.1. The Morgan fingerprint density at radius 3 is 2.00 bits per heavy atom. The molecule has 0 saturated heterocycles. The predicted molar refractivity (Wildman–Crippen MR) is 108 cm³/mol. The van der Waals surface area contributed by atoms with E-state index in [1.165, 1.54) is 32.1 Å². The first kappa shape index (κ1) is 17.1. The lowest BCUT2D eigenvalue weighted by atomic mass is 9.61. The quantitative estimate of drug-likeness (QED) is 0.488. The molecule has 0 heteroatoms. The van der Waals surface area contributed by atoms with Gasteiger partial charge in [-0.05, 0) is 72.5 Å². The maximum Gasteiger partial charge on any atom is -0.00954 e. The van der Waals surface area contributed by atoms with Crippen LogP contribution in [0, 0.1) is 46.8 Å². The zero-order valence-corrected chi connectivity index (χ0v) is 16.0. The third-order valence-electron chi connectivity index (χ3n) is 7.95. The van der Waals surface area contributed by atoms with Crippen molar-refractivity contribution in [2.45, 2.75) is 46.0 Å². The van der Waals surface area contributed by atoms with Gasteiger partial charge in [0.15, 0.2) is 0 Å². The Hall–Kier alpha value is -1.30. The summed E-state index contributed by atoms with van der Waals surface area (Å²) in [5, 5.41) is 0. The normalized spacial score (nSPS) is 41.8. The topological polar surface area (TPSA) is 0 Å². The van der Waals surface area contributed by atoms with Crippen LogP contribution < -0.4 is 0 Å². The van der Waals surface area contributed by atoms with Crippen molar-refractivity contribution in [3.05, 3.63) is 61.3 Å². The summed E-state index contributed by atoms with van der Waals surface area (Å²) in [5.74, 6) is 5.43. The lowest BCUT2D eigenvalue weighted by molar-refractivity contribution is 0.0725. The van der Waals surface area contributed by atoms with Crippen LogP contribution in [0.1, 0.15) is 46.0 Å². The number of allylic oxidation sites excluding steroid dienone is 9. The standard InChI is InChI=1S/C25H34/c1-4-5-10-18-15-16-19(17-18)25(2,3)24-22-13-8-6-11-20(22)21-12-7-9-14-23(21)24/h4,6-9,11-14,18-24H,1,5,10,15-17H2,2-3H3. The molecule has 0 N–H and O–H groups in total. The van der Waals surface area contributed by atoms with Gasteiger partial charge < -0.3 is 0 Å². The molecule has 134 valence electrons. The van der Waals surface area contributed by atoms with Crippen molar-refractivity contribution in [1.29, 1.82) is 0 Å². The third-order valence-corrected chi connectivity index (χ3v) is 7.95. The molecule has 0 bridgehead atoms. The van der Waals surface area contributed by atoms with E-state index in [1.807, 2.05) is 0 Å². The summed E-state index contributed by atoms with van der Waals surface area (Å²) in [5.41, 5.74) is 0.413. The summed E-state index contributed by atoms with van der Waals surface area (Å²) in [7, 11) is 0. The van der Waals surface area contributed by atoms with Crippen molar-refractivity contribution in [3.8, 4) is 0 Å². The van der Waals surface area contributed by atoms with Gasteiger partial charge in [0, 0.05) is 0 Å². The Kier molecular flexibility index (Phi) is 4.65. The highest BCUT2D eigenvalue weighted by atomic mass is 14.6. The lowest BCUT2D eigenvalue weighted by Crippen LogP contribution is -2.37. The molecule has 0 heterocycles. The molecular weight excluding hydrogens is 300 g/mol. The van der Waals surface area contributed by atoms with Crippen LogP contribution in [0.3, 0.4) is 0 Å². The molecule has 0 amide bonds. The van der Waals surface area contributed by atoms with Crippen molar-refractivity contribution in [2.75, 3.05) is 0 Å². The first-order valence-electron chi connectivity index (χ1n) is 10.4. The third kappa shape index (κ3) is 2.92. The van der Waals surface area contributed by atoms with Crippen LogP contribution in [0.5, 0.6) is 0 Å². The highest BCUT2D eigenvalue weighted by molar-refractivity contribution is 5.29. The molecular formula is C25H34. The van der Waals surface area contributed by atoms with Crippen LogP contribution in [-0.2, 0) is 0 Å². The van der Waals surface area contributed by atoms with Gasteiger partial charge in [0.2, 0.25) is 0 Å². The van der Waals surface area contributed by atoms with E-state index in [0.717, 1.165) is 29.6 Å². The summed E-state index contributed by atoms with van der Waals surface area (Å²) in [6.07, 6.45) is 28.1. The van der Waals surface area contributed by atoms with Crippen molar-refractivity contribution in [2.24, 2.45) is 46.8 Å². The molecule has 25 heavy (non-hydrogen) atoms. The molecule has 4 aliphatic carbocycles. The van der Waals surface area contributed by atoms with Gasteiger partial charge in [0.1, 0.15) is 0 Å². The molecule has 0 aromatic carbocycles. The lowest BCUT2D eigenvalue weighted by Gasteiger charge is -2.43. The maximum atomic E-state index is 3.91. The van der Waals surface area contributed by atoms with Gasteiger partial charge in [-0.3, -0.25) is 0 Å². The molecule has 2 fully saturated rings. The Balaban J connectivity index is 1.57. The van der Waals surface area contributed by atoms with E-state index in [1.54, 1.807) is 0 Å². The zero-order valence-electron chi connectivity index (χ0n) is 16.0. The van der Waals surface area contributed by atoms with Crippen molar-refractivity contribution >= 4 is 0 Å². The molecule has 0 aromatic rings. The van der Waals surface area contributed by atoms with Crippen LogP contribution in [0.2, 0.25) is 0 Å². The fraction of sp³-hybridized carbons (Fsp3) is 0.600. The Bertz CT molecular complexity index is 580. The average Bonchev–Trinajstić information content (AvgIpc) is 3.23. The number of hydrogen-bond acceptors (Lipinski definition) is 0. The SMILES string of the molecule is C=CCCC1CCC(C(C)(C)C2C3C=CC=CC3C3C=CC=CC32)C1. The number of hydrogen-bond donors (Lipinski definition) is 0. The number of rotatable bonds is 5. The van der Waals surface area contributed by atoms with Crippen LogP contribution in [-0.4, -0.2) is 0 Å². The minimum absolute atomic E-state index is 0.413. The molecule has 0 aromatic heterocycles.